The van der Waals surface area contributed by atoms with Gasteiger partial charge in [0.2, 0.25) is 0 Å². The van der Waals surface area contributed by atoms with Crippen molar-refractivity contribution in [2.24, 2.45) is 0 Å². The van der Waals surface area contributed by atoms with Gasteiger partial charge >= 0.3 is 12.7 Å². The average Bonchev–Trinajstić information content (AvgIpc) is 3.74. The second-order valence-electron chi connectivity index (χ2n) is 8.89. The molecule has 0 aliphatic heterocycles. The Morgan fingerprint density at radius 2 is 1.06 bits per heavy atom. The smallest absolute Gasteiger partial charge is 0.406 e. The number of ether oxygens (including phenoxy) is 2. The minimum absolute atomic E-state index is 0.247. The van der Waals surface area contributed by atoms with Crippen molar-refractivity contribution in [3.63, 3.8) is 0 Å². The lowest BCUT2D eigenvalue weighted by Gasteiger charge is -2.09. The number of hydrogen-bond acceptors (Lipinski definition) is 8. The van der Waals surface area contributed by atoms with E-state index in [1.165, 1.54) is 65.6 Å². The molecule has 4 aromatic heterocycles. The highest BCUT2D eigenvalue weighted by Crippen LogP contribution is 2.24. The first kappa shape index (κ1) is 35.9. The lowest BCUT2D eigenvalue weighted by molar-refractivity contribution is -0.275. The Kier molecular flexibility index (Phi) is 12.3. The van der Waals surface area contributed by atoms with Crippen LogP contribution in [0.4, 0.5) is 26.3 Å². The molecule has 2 aromatic carbocycles. The van der Waals surface area contributed by atoms with Gasteiger partial charge in [0.15, 0.2) is 0 Å². The molecule has 0 bridgehead atoms. The van der Waals surface area contributed by atoms with Crippen molar-refractivity contribution in [1.82, 2.24) is 39.5 Å². The number of rotatable bonds is 4. The molecule has 0 saturated heterocycles. The van der Waals surface area contributed by atoms with E-state index >= 15 is 0 Å². The Hall–Kier alpha value is -5.95. The number of nitrogens with zero attached hydrogens (tertiary/aromatic N) is 8. The average molecular weight is 788 g/mol. The molecule has 10 nitrogen and oxygen atoms in total. The van der Waals surface area contributed by atoms with Crippen LogP contribution in [0.1, 0.15) is 17.1 Å². The zero-order valence-electron chi connectivity index (χ0n) is 24.5. The largest absolute Gasteiger partial charge is 0.573 e. The number of halogens is 7. The summed E-state index contributed by atoms with van der Waals surface area (Å²) in [4.78, 5) is 15.5. The fourth-order valence-electron chi connectivity index (χ4n) is 3.45. The number of aromatic nitrogens is 8. The van der Waals surface area contributed by atoms with E-state index in [0.717, 1.165) is 3.70 Å². The Morgan fingerprint density at radius 3 is 1.47 bits per heavy atom. The lowest BCUT2D eigenvalue weighted by Crippen LogP contribution is -2.17. The van der Waals surface area contributed by atoms with Gasteiger partial charge in [-0.05, 0) is 101 Å². The van der Waals surface area contributed by atoms with Gasteiger partial charge in [-0.2, -0.15) is 10.2 Å². The van der Waals surface area contributed by atoms with Crippen LogP contribution in [0.5, 0.6) is 11.5 Å². The summed E-state index contributed by atoms with van der Waals surface area (Å²) in [6, 6.07) is 14.3. The standard InChI is InChI=1S/C16H9F3N4O.C10H6F3IN2O.C6H4N2/c17-16(18,19)24-15-5-3-14(4-6-15)23-10-7-12(22-23)1-2-13-11-20-8-9-21-13;11-10(12,13)17-8-3-1-7(2-4-8)16-6-5-9(14)15-16;1-2-6-5-7-3-4-8-6/h3-11H;1-6H;1,3-5H. The molecular formula is C32H19F6IN8O2. The minimum atomic E-state index is -4.71. The second-order valence-corrected chi connectivity index (χ2v) is 9.99. The van der Waals surface area contributed by atoms with E-state index in [1.807, 2.05) is 22.6 Å². The molecule has 0 saturated carbocycles. The van der Waals surface area contributed by atoms with Crippen molar-refractivity contribution >= 4 is 22.6 Å². The monoisotopic (exact) mass is 788 g/mol. The summed E-state index contributed by atoms with van der Waals surface area (Å²) < 4.78 is 83.6. The molecular weight excluding hydrogens is 769 g/mol. The first-order chi connectivity index (χ1) is 23.4. The van der Waals surface area contributed by atoms with Gasteiger partial charge < -0.3 is 9.47 Å². The molecule has 0 amide bonds. The van der Waals surface area contributed by atoms with Crippen LogP contribution in [0.15, 0.2) is 110 Å². The molecule has 6 aromatic rings. The highest BCUT2D eigenvalue weighted by atomic mass is 127. The van der Waals surface area contributed by atoms with Crippen molar-refractivity contribution in [3.8, 4) is 47.1 Å². The third-order valence-corrected chi connectivity index (χ3v) is 5.98. The molecule has 6 rings (SSSR count). The lowest BCUT2D eigenvalue weighted by atomic mass is 10.3. The predicted molar refractivity (Wildman–Crippen MR) is 171 cm³/mol. The molecule has 0 radical (unpaired) electrons. The normalized spacial score (nSPS) is 10.6. The number of hydrogen-bond donors (Lipinski definition) is 0. The summed E-state index contributed by atoms with van der Waals surface area (Å²) in [5, 5.41) is 8.36. The maximum Gasteiger partial charge on any atom is 0.573 e. The summed E-state index contributed by atoms with van der Waals surface area (Å²) in [6.07, 6.45) is 8.30. The fraction of sp³-hybridized carbons (Fsp3) is 0.0625. The third-order valence-electron chi connectivity index (χ3n) is 5.41. The highest BCUT2D eigenvalue weighted by Gasteiger charge is 2.31. The predicted octanol–water partition coefficient (Wildman–Crippen LogP) is 6.79. The van der Waals surface area contributed by atoms with Gasteiger partial charge in [0.1, 0.15) is 32.3 Å². The van der Waals surface area contributed by atoms with Crippen LogP contribution in [-0.2, 0) is 0 Å². The summed E-state index contributed by atoms with van der Waals surface area (Å²) in [5.41, 5.74) is 2.84. The Bertz CT molecular complexity index is 2020. The van der Waals surface area contributed by atoms with Crippen molar-refractivity contribution in [1.29, 1.82) is 0 Å². The Labute approximate surface area is 287 Å². The number of alkyl halides is 6. The summed E-state index contributed by atoms with van der Waals surface area (Å²) in [6.45, 7) is 0. The Balaban J connectivity index is 0.000000187. The van der Waals surface area contributed by atoms with Crippen molar-refractivity contribution in [2.75, 3.05) is 0 Å². The summed E-state index contributed by atoms with van der Waals surface area (Å²) in [5.74, 6) is 7.47. The van der Waals surface area contributed by atoms with E-state index in [-0.39, 0.29) is 11.5 Å². The van der Waals surface area contributed by atoms with E-state index in [1.54, 1.807) is 54.0 Å². The van der Waals surface area contributed by atoms with E-state index in [9.17, 15) is 26.3 Å². The van der Waals surface area contributed by atoms with Crippen LogP contribution in [0.2, 0.25) is 0 Å². The van der Waals surface area contributed by atoms with E-state index < -0.39 is 12.7 Å². The highest BCUT2D eigenvalue weighted by molar-refractivity contribution is 14.1. The van der Waals surface area contributed by atoms with Crippen molar-refractivity contribution in [3.05, 3.63) is 131 Å². The molecule has 0 fully saturated rings. The van der Waals surface area contributed by atoms with Crippen molar-refractivity contribution in [2.45, 2.75) is 12.7 Å². The quantitative estimate of drug-likeness (QED) is 0.109. The molecule has 17 heteroatoms. The summed E-state index contributed by atoms with van der Waals surface area (Å²) >= 11 is 2.05. The minimum Gasteiger partial charge on any atom is -0.406 e. The molecule has 0 aliphatic carbocycles. The van der Waals surface area contributed by atoms with Gasteiger partial charge in [-0.3, -0.25) is 9.97 Å². The van der Waals surface area contributed by atoms with Gasteiger partial charge in [-0.15, -0.1) is 32.8 Å². The molecule has 0 spiro atoms. The van der Waals surface area contributed by atoms with Gasteiger partial charge in [0, 0.05) is 37.2 Å². The number of terminal acetylenes is 1. The first-order valence-electron chi connectivity index (χ1n) is 13.4. The SMILES string of the molecule is C#Cc1cnccn1.FC(F)(F)Oc1ccc(-n2ccc(C#Cc3cnccn3)n2)cc1.FC(F)(F)Oc1ccc(-n2ccc(I)n2)cc1. The zero-order valence-corrected chi connectivity index (χ0v) is 26.7. The van der Waals surface area contributed by atoms with Gasteiger partial charge in [0.25, 0.3) is 0 Å². The maximum absolute atomic E-state index is 12.1. The van der Waals surface area contributed by atoms with Crippen molar-refractivity contribution < 1.29 is 35.8 Å². The second kappa shape index (κ2) is 16.7. The fourth-order valence-corrected chi connectivity index (χ4v) is 3.84. The van der Waals surface area contributed by atoms with E-state index in [2.05, 4.69) is 57.4 Å². The van der Waals surface area contributed by atoms with Crippen LogP contribution < -0.4 is 9.47 Å². The molecule has 0 N–H and O–H groups in total. The van der Waals surface area contributed by atoms with Gasteiger partial charge in [-0.25, -0.2) is 19.3 Å². The third kappa shape index (κ3) is 12.6. The van der Waals surface area contributed by atoms with E-state index in [0.29, 0.717) is 28.5 Å². The van der Waals surface area contributed by atoms with Gasteiger partial charge in [-0.1, -0.05) is 0 Å². The molecule has 4 heterocycles. The molecule has 0 unspecified atom stereocenters. The molecule has 0 aliphatic rings. The molecule has 49 heavy (non-hydrogen) atoms. The number of benzene rings is 2. The molecule has 0 atom stereocenters. The van der Waals surface area contributed by atoms with Crippen LogP contribution in [0.3, 0.4) is 0 Å². The first-order valence-corrected chi connectivity index (χ1v) is 14.4. The van der Waals surface area contributed by atoms with E-state index in [4.69, 9.17) is 6.42 Å². The van der Waals surface area contributed by atoms with Crippen LogP contribution in [-0.4, -0.2) is 52.2 Å². The molecule has 248 valence electrons. The zero-order chi connectivity index (χ0) is 35.3. The topological polar surface area (TPSA) is 106 Å². The maximum atomic E-state index is 12.1. The Morgan fingerprint density at radius 1 is 0.592 bits per heavy atom. The summed E-state index contributed by atoms with van der Waals surface area (Å²) in [7, 11) is 0. The van der Waals surface area contributed by atoms with Crippen LogP contribution >= 0.6 is 22.6 Å². The van der Waals surface area contributed by atoms with Crippen LogP contribution in [0.25, 0.3) is 11.4 Å². The van der Waals surface area contributed by atoms with Crippen LogP contribution in [0, 0.1) is 27.9 Å². The van der Waals surface area contributed by atoms with Gasteiger partial charge in [0.05, 0.1) is 23.8 Å².